The molecule has 8 nitrogen and oxygen atoms in total. The molecule has 3 N–H and O–H groups in total. The Kier molecular flexibility index (Phi) is 3.41. The van der Waals surface area contributed by atoms with Crippen molar-refractivity contribution in [1.82, 2.24) is 4.98 Å². The first-order valence-electron chi connectivity index (χ1n) is 5.32. The Balaban J connectivity index is 2.41. The van der Waals surface area contributed by atoms with Crippen LogP contribution in [0.4, 0.5) is 5.69 Å². The SMILES string of the molecule is CS(=O)(=O)Nc1cnc(S(N)(=O)=O)cc1OC1CC1. The molecule has 0 aromatic carbocycles. The lowest BCUT2D eigenvalue weighted by molar-refractivity contribution is 0.303. The predicted molar refractivity (Wildman–Crippen MR) is 67.7 cm³/mol. The number of primary sulfonamides is 1. The molecule has 1 aromatic rings. The van der Waals surface area contributed by atoms with Gasteiger partial charge in [0.25, 0.3) is 10.0 Å². The summed E-state index contributed by atoms with van der Waals surface area (Å²) >= 11 is 0. The van der Waals surface area contributed by atoms with Crippen LogP contribution in [-0.2, 0) is 20.0 Å². The van der Waals surface area contributed by atoms with Crippen molar-refractivity contribution < 1.29 is 21.6 Å². The Morgan fingerprint density at radius 2 is 2.00 bits per heavy atom. The van der Waals surface area contributed by atoms with Gasteiger partial charge >= 0.3 is 0 Å². The Morgan fingerprint density at radius 3 is 2.47 bits per heavy atom. The van der Waals surface area contributed by atoms with Gasteiger partial charge in [-0.05, 0) is 12.8 Å². The first kappa shape index (κ1) is 14.0. The molecule has 2 rings (SSSR count). The highest BCUT2D eigenvalue weighted by atomic mass is 32.2. The van der Waals surface area contributed by atoms with Crippen LogP contribution in [0.25, 0.3) is 0 Å². The zero-order chi connectivity index (χ0) is 14.3. The van der Waals surface area contributed by atoms with Crippen molar-refractivity contribution in [2.75, 3.05) is 11.0 Å². The van der Waals surface area contributed by atoms with Gasteiger partial charge in [-0.1, -0.05) is 0 Å². The molecule has 0 spiro atoms. The Bertz CT molecular complexity index is 695. The second kappa shape index (κ2) is 4.62. The number of anilines is 1. The lowest BCUT2D eigenvalue weighted by atomic mass is 10.4. The summed E-state index contributed by atoms with van der Waals surface area (Å²) in [7, 11) is -7.48. The molecule has 0 radical (unpaired) electrons. The quantitative estimate of drug-likeness (QED) is 0.764. The van der Waals surface area contributed by atoms with Crippen LogP contribution in [0, 0.1) is 0 Å². The highest BCUT2D eigenvalue weighted by Crippen LogP contribution is 2.33. The molecule has 0 amide bonds. The summed E-state index contributed by atoms with van der Waals surface area (Å²) in [6.07, 6.45) is 3.69. The van der Waals surface area contributed by atoms with Crippen molar-refractivity contribution in [2.24, 2.45) is 5.14 Å². The normalized spacial score (nSPS) is 16.1. The van der Waals surface area contributed by atoms with E-state index in [2.05, 4.69) is 9.71 Å². The van der Waals surface area contributed by atoms with Gasteiger partial charge in [-0.3, -0.25) is 4.72 Å². The number of pyridine rings is 1. The van der Waals surface area contributed by atoms with E-state index in [-0.39, 0.29) is 22.6 Å². The number of nitrogens with two attached hydrogens (primary N) is 1. The van der Waals surface area contributed by atoms with Crippen LogP contribution in [0.1, 0.15) is 12.8 Å². The summed E-state index contributed by atoms with van der Waals surface area (Å²) in [5.74, 6) is 0.104. The van der Waals surface area contributed by atoms with Crippen molar-refractivity contribution in [2.45, 2.75) is 24.0 Å². The van der Waals surface area contributed by atoms with Crippen molar-refractivity contribution in [3.05, 3.63) is 12.3 Å². The third-order valence-corrected chi connectivity index (χ3v) is 3.64. The lowest BCUT2D eigenvalue weighted by Crippen LogP contribution is -2.16. The smallest absolute Gasteiger partial charge is 0.255 e. The van der Waals surface area contributed by atoms with Crippen molar-refractivity contribution in [1.29, 1.82) is 0 Å². The molecule has 1 saturated carbocycles. The van der Waals surface area contributed by atoms with Gasteiger partial charge in [0.1, 0.15) is 11.4 Å². The molecule has 1 heterocycles. The molecular formula is C9H13N3O5S2. The fourth-order valence-electron chi connectivity index (χ4n) is 1.31. The van der Waals surface area contributed by atoms with Crippen LogP contribution in [-0.4, -0.2) is 34.2 Å². The average Bonchev–Trinajstić information content (AvgIpc) is 3.00. The zero-order valence-electron chi connectivity index (χ0n) is 10.0. The standard InChI is InChI=1S/C9H13N3O5S2/c1-18(13,14)12-7-5-11-9(19(10,15)16)4-8(7)17-6-2-3-6/h4-6,12H,2-3H2,1H3,(H2,10,15,16). The third-order valence-electron chi connectivity index (χ3n) is 2.25. The minimum Gasteiger partial charge on any atom is -0.488 e. The maximum atomic E-state index is 11.2. The molecule has 0 atom stereocenters. The summed E-state index contributed by atoms with van der Waals surface area (Å²) in [4.78, 5) is 3.60. The van der Waals surface area contributed by atoms with Crippen molar-refractivity contribution >= 4 is 25.7 Å². The van der Waals surface area contributed by atoms with E-state index in [0.29, 0.717) is 0 Å². The molecule has 10 heteroatoms. The Hall–Kier alpha value is -1.39. The summed E-state index contributed by atoms with van der Waals surface area (Å²) in [5, 5.41) is 4.59. The second-order valence-electron chi connectivity index (χ2n) is 4.26. The van der Waals surface area contributed by atoms with Gasteiger partial charge in [0.15, 0.2) is 5.03 Å². The fourth-order valence-corrected chi connectivity index (χ4v) is 2.34. The minimum atomic E-state index is -3.97. The van der Waals surface area contributed by atoms with Crippen LogP contribution >= 0.6 is 0 Å². The van der Waals surface area contributed by atoms with E-state index in [9.17, 15) is 16.8 Å². The van der Waals surface area contributed by atoms with E-state index in [1.807, 2.05) is 0 Å². The fraction of sp³-hybridized carbons (Fsp3) is 0.444. The first-order chi connectivity index (χ1) is 8.65. The first-order valence-corrected chi connectivity index (χ1v) is 8.76. The molecule has 0 aliphatic heterocycles. The topological polar surface area (TPSA) is 128 Å². The van der Waals surface area contributed by atoms with E-state index in [4.69, 9.17) is 9.88 Å². The summed E-state index contributed by atoms with van der Waals surface area (Å²) in [6, 6.07) is 1.11. The molecule has 0 unspecified atom stereocenters. The van der Waals surface area contributed by atoms with Gasteiger partial charge in [-0.15, -0.1) is 0 Å². The maximum Gasteiger partial charge on any atom is 0.255 e. The van der Waals surface area contributed by atoms with E-state index in [1.165, 1.54) is 0 Å². The zero-order valence-corrected chi connectivity index (χ0v) is 11.7. The van der Waals surface area contributed by atoms with Crippen molar-refractivity contribution in [3.63, 3.8) is 0 Å². The third kappa shape index (κ3) is 4.04. The van der Waals surface area contributed by atoms with Gasteiger partial charge in [0.2, 0.25) is 10.0 Å². The molecule has 1 aliphatic carbocycles. The lowest BCUT2D eigenvalue weighted by Gasteiger charge is -2.12. The molecule has 0 saturated heterocycles. The van der Waals surface area contributed by atoms with E-state index in [1.54, 1.807) is 0 Å². The number of hydrogen-bond donors (Lipinski definition) is 2. The molecule has 1 aromatic heterocycles. The summed E-state index contributed by atoms with van der Waals surface area (Å²) in [5.41, 5.74) is 0.0850. The molecule has 1 fully saturated rings. The number of rotatable bonds is 5. The minimum absolute atomic E-state index is 0.0316. The number of sulfonamides is 2. The van der Waals surface area contributed by atoms with Gasteiger partial charge in [0.05, 0.1) is 18.6 Å². The van der Waals surface area contributed by atoms with Crippen LogP contribution in [0.2, 0.25) is 0 Å². The molecule has 1 aliphatic rings. The number of aromatic nitrogens is 1. The number of hydrogen-bond acceptors (Lipinski definition) is 6. The van der Waals surface area contributed by atoms with E-state index >= 15 is 0 Å². The van der Waals surface area contributed by atoms with E-state index < -0.39 is 20.0 Å². The Morgan fingerprint density at radius 1 is 1.37 bits per heavy atom. The highest BCUT2D eigenvalue weighted by Gasteiger charge is 2.26. The monoisotopic (exact) mass is 307 g/mol. The molecule has 0 bridgehead atoms. The highest BCUT2D eigenvalue weighted by molar-refractivity contribution is 7.92. The molecule has 106 valence electrons. The maximum absolute atomic E-state index is 11.2. The van der Waals surface area contributed by atoms with Crippen LogP contribution in [0.3, 0.4) is 0 Å². The average molecular weight is 307 g/mol. The summed E-state index contributed by atoms with van der Waals surface area (Å²) < 4.78 is 52.5. The van der Waals surface area contributed by atoms with Crippen LogP contribution < -0.4 is 14.6 Å². The predicted octanol–water partition coefficient (Wildman–Crippen LogP) is -0.358. The molecular weight excluding hydrogens is 294 g/mol. The second-order valence-corrected chi connectivity index (χ2v) is 7.51. The Labute approximate surface area is 111 Å². The summed E-state index contributed by atoms with van der Waals surface area (Å²) in [6.45, 7) is 0. The van der Waals surface area contributed by atoms with Gasteiger partial charge in [-0.25, -0.2) is 27.0 Å². The largest absolute Gasteiger partial charge is 0.488 e. The number of nitrogens with zero attached hydrogens (tertiary/aromatic N) is 1. The van der Waals surface area contributed by atoms with Crippen LogP contribution in [0.15, 0.2) is 17.3 Å². The number of ether oxygens (including phenoxy) is 1. The van der Waals surface area contributed by atoms with Crippen LogP contribution in [0.5, 0.6) is 5.75 Å². The van der Waals surface area contributed by atoms with Gasteiger partial charge in [-0.2, -0.15) is 0 Å². The van der Waals surface area contributed by atoms with Gasteiger partial charge in [0, 0.05) is 6.07 Å². The van der Waals surface area contributed by atoms with Gasteiger partial charge < -0.3 is 4.74 Å². The van der Waals surface area contributed by atoms with Crippen molar-refractivity contribution in [3.8, 4) is 5.75 Å². The van der Waals surface area contributed by atoms with E-state index in [0.717, 1.165) is 31.4 Å². The number of nitrogens with one attached hydrogen (secondary N) is 1. The molecule has 19 heavy (non-hydrogen) atoms.